The Hall–Kier alpha value is -1.46. The van der Waals surface area contributed by atoms with Crippen molar-refractivity contribution >= 4 is 18.5 Å². The molecule has 1 aliphatic heterocycles. The lowest BCUT2D eigenvalue weighted by Crippen LogP contribution is -2.33. The van der Waals surface area contributed by atoms with Crippen LogP contribution in [-0.2, 0) is 4.74 Å². The van der Waals surface area contributed by atoms with Crippen molar-refractivity contribution in [2.75, 3.05) is 39.4 Å². The van der Waals surface area contributed by atoms with Gasteiger partial charge in [-0.05, 0) is 83.1 Å². The van der Waals surface area contributed by atoms with E-state index in [1.807, 2.05) is 13.8 Å². The van der Waals surface area contributed by atoms with Crippen molar-refractivity contribution in [1.29, 1.82) is 0 Å². The van der Waals surface area contributed by atoms with Crippen LogP contribution in [0.2, 0.25) is 0 Å². The second-order valence-corrected chi connectivity index (χ2v) is 6.81. The summed E-state index contributed by atoms with van der Waals surface area (Å²) in [6.07, 6.45) is 5.30. The summed E-state index contributed by atoms with van der Waals surface area (Å²) in [6, 6.07) is 8.49. The summed E-state index contributed by atoms with van der Waals surface area (Å²) in [5.41, 5.74) is 1.37. The number of benzene rings is 1. The van der Waals surface area contributed by atoms with E-state index in [2.05, 4.69) is 34.5 Å². The van der Waals surface area contributed by atoms with E-state index in [-0.39, 0.29) is 18.5 Å². The molecule has 2 rings (SSSR count). The summed E-state index contributed by atoms with van der Waals surface area (Å²) in [5, 5.41) is 2.64. The van der Waals surface area contributed by atoms with Gasteiger partial charge in [0.05, 0.1) is 13.2 Å². The maximum Gasteiger partial charge on any atom is 0.407 e. The number of carbonyl (C=O) groups is 1. The fourth-order valence-corrected chi connectivity index (χ4v) is 3.55. The van der Waals surface area contributed by atoms with Gasteiger partial charge in [0.2, 0.25) is 0 Å². The van der Waals surface area contributed by atoms with Gasteiger partial charge in [0.25, 0.3) is 0 Å². The fraction of sp³-hybridized carbons (Fsp3) is 0.667. The van der Waals surface area contributed by atoms with Crippen LogP contribution in [0.3, 0.4) is 0 Å². The van der Waals surface area contributed by atoms with Crippen LogP contribution in [0.5, 0.6) is 5.75 Å². The fourth-order valence-electron chi connectivity index (χ4n) is 3.55. The third kappa shape index (κ3) is 8.39. The van der Waals surface area contributed by atoms with Crippen molar-refractivity contribution in [1.82, 2.24) is 10.2 Å². The van der Waals surface area contributed by atoms with E-state index >= 15 is 0 Å². The van der Waals surface area contributed by atoms with Gasteiger partial charge < -0.3 is 19.7 Å². The standard InChI is InChI=1S/C21H34N2O3.ClH/c1-3-22-21(24)26-17-9-5-8-14-23-15-12-18(13-16-23)19-10-6-7-11-20(19)25-4-2;/h6-7,10-11,18H,3-5,8-9,12-17H2,1-2H3,(H,22,24);1H. The highest BCUT2D eigenvalue weighted by Crippen LogP contribution is 2.34. The normalized spacial score (nSPS) is 15.0. The molecule has 1 amide bonds. The number of unbranched alkanes of at least 4 members (excludes halogenated alkanes) is 2. The summed E-state index contributed by atoms with van der Waals surface area (Å²) in [5.74, 6) is 1.67. The molecule has 0 unspecified atom stereocenters. The molecular formula is C21H35ClN2O3. The Morgan fingerprint density at radius 3 is 2.59 bits per heavy atom. The lowest BCUT2D eigenvalue weighted by atomic mass is 9.88. The molecule has 1 aromatic rings. The minimum Gasteiger partial charge on any atom is -0.494 e. The number of amides is 1. The van der Waals surface area contributed by atoms with Gasteiger partial charge in [-0.15, -0.1) is 12.4 Å². The second kappa shape index (κ2) is 13.7. The van der Waals surface area contributed by atoms with Gasteiger partial charge >= 0.3 is 6.09 Å². The van der Waals surface area contributed by atoms with Gasteiger partial charge in [-0.3, -0.25) is 0 Å². The van der Waals surface area contributed by atoms with E-state index in [0.29, 0.717) is 19.1 Å². The van der Waals surface area contributed by atoms with Crippen molar-refractivity contribution in [2.45, 2.75) is 51.9 Å². The first-order valence-electron chi connectivity index (χ1n) is 10.1. The van der Waals surface area contributed by atoms with E-state index < -0.39 is 0 Å². The number of nitrogens with zero attached hydrogens (tertiary/aromatic N) is 1. The molecule has 0 aliphatic carbocycles. The molecule has 6 heteroatoms. The number of rotatable bonds is 10. The average molecular weight is 399 g/mol. The minimum atomic E-state index is -0.304. The van der Waals surface area contributed by atoms with E-state index in [0.717, 1.165) is 44.8 Å². The molecule has 1 fully saturated rings. The SMILES string of the molecule is CCNC(=O)OCCCCCN1CCC(c2ccccc2OCC)CC1.Cl. The third-order valence-electron chi connectivity index (χ3n) is 4.92. The van der Waals surface area contributed by atoms with Crippen LogP contribution in [0.15, 0.2) is 24.3 Å². The Bertz CT molecular complexity index is 534. The summed E-state index contributed by atoms with van der Waals surface area (Å²) in [7, 11) is 0. The van der Waals surface area contributed by atoms with Gasteiger partial charge in [-0.2, -0.15) is 0 Å². The molecule has 1 saturated heterocycles. The Kier molecular flexibility index (Phi) is 11.9. The van der Waals surface area contributed by atoms with Crippen LogP contribution in [0.4, 0.5) is 4.79 Å². The Balaban J connectivity index is 0.00000364. The monoisotopic (exact) mass is 398 g/mol. The minimum absolute atomic E-state index is 0. The van der Waals surface area contributed by atoms with Crippen molar-refractivity contribution in [2.24, 2.45) is 0 Å². The van der Waals surface area contributed by atoms with Crippen LogP contribution in [0.25, 0.3) is 0 Å². The molecule has 27 heavy (non-hydrogen) atoms. The molecule has 1 aliphatic rings. The van der Waals surface area contributed by atoms with Crippen molar-refractivity contribution in [3.05, 3.63) is 29.8 Å². The zero-order chi connectivity index (χ0) is 18.6. The Labute approximate surface area is 170 Å². The number of nitrogens with one attached hydrogen (secondary N) is 1. The number of hydrogen-bond acceptors (Lipinski definition) is 4. The zero-order valence-electron chi connectivity index (χ0n) is 16.7. The van der Waals surface area contributed by atoms with Crippen molar-refractivity contribution < 1.29 is 14.3 Å². The third-order valence-corrected chi connectivity index (χ3v) is 4.92. The lowest BCUT2D eigenvalue weighted by molar-refractivity contribution is 0.143. The average Bonchev–Trinajstić information content (AvgIpc) is 2.66. The van der Waals surface area contributed by atoms with Gasteiger partial charge in [0, 0.05) is 6.54 Å². The van der Waals surface area contributed by atoms with Gasteiger partial charge in [-0.25, -0.2) is 4.79 Å². The van der Waals surface area contributed by atoms with Crippen molar-refractivity contribution in [3.8, 4) is 5.75 Å². The molecule has 0 radical (unpaired) electrons. The van der Waals surface area contributed by atoms with Crippen LogP contribution >= 0.6 is 12.4 Å². The number of para-hydroxylation sites is 1. The highest BCUT2D eigenvalue weighted by molar-refractivity contribution is 5.85. The van der Waals surface area contributed by atoms with Gasteiger partial charge in [-0.1, -0.05) is 18.2 Å². The predicted molar refractivity (Wildman–Crippen MR) is 112 cm³/mol. The molecule has 0 spiro atoms. The summed E-state index contributed by atoms with van der Waals surface area (Å²) >= 11 is 0. The molecule has 1 N–H and O–H groups in total. The smallest absolute Gasteiger partial charge is 0.407 e. The number of likely N-dealkylation sites (tertiary alicyclic amines) is 1. The van der Waals surface area contributed by atoms with Crippen LogP contribution in [-0.4, -0.2) is 50.4 Å². The molecule has 1 aromatic carbocycles. The molecule has 1 heterocycles. The first kappa shape index (κ1) is 23.6. The zero-order valence-corrected chi connectivity index (χ0v) is 17.6. The number of hydrogen-bond donors (Lipinski definition) is 1. The molecule has 0 saturated carbocycles. The highest BCUT2D eigenvalue weighted by Gasteiger charge is 2.22. The summed E-state index contributed by atoms with van der Waals surface area (Å²) < 4.78 is 10.9. The van der Waals surface area contributed by atoms with Crippen LogP contribution in [0, 0.1) is 0 Å². The largest absolute Gasteiger partial charge is 0.494 e. The van der Waals surface area contributed by atoms with E-state index in [1.165, 1.54) is 24.8 Å². The van der Waals surface area contributed by atoms with E-state index in [4.69, 9.17) is 9.47 Å². The predicted octanol–water partition coefficient (Wildman–Crippen LogP) is 4.60. The van der Waals surface area contributed by atoms with Crippen LogP contribution in [0.1, 0.15) is 57.4 Å². The molecule has 5 nitrogen and oxygen atoms in total. The topological polar surface area (TPSA) is 50.8 Å². The first-order chi connectivity index (χ1) is 12.7. The maximum atomic E-state index is 11.2. The second-order valence-electron chi connectivity index (χ2n) is 6.81. The molecule has 0 aromatic heterocycles. The number of halogens is 1. The van der Waals surface area contributed by atoms with Crippen molar-refractivity contribution in [3.63, 3.8) is 0 Å². The molecular weight excluding hydrogens is 364 g/mol. The van der Waals surface area contributed by atoms with E-state index in [9.17, 15) is 4.79 Å². The maximum absolute atomic E-state index is 11.2. The Morgan fingerprint density at radius 1 is 1.15 bits per heavy atom. The van der Waals surface area contributed by atoms with Gasteiger partial charge in [0.1, 0.15) is 5.75 Å². The molecule has 0 atom stereocenters. The lowest BCUT2D eigenvalue weighted by Gasteiger charge is -2.32. The quantitative estimate of drug-likeness (QED) is 0.585. The van der Waals surface area contributed by atoms with Gasteiger partial charge in [0.15, 0.2) is 0 Å². The van der Waals surface area contributed by atoms with E-state index in [1.54, 1.807) is 0 Å². The summed E-state index contributed by atoms with van der Waals surface area (Å²) in [4.78, 5) is 13.7. The number of alkyl carbamates (subject to hydrolysis) is 1. The summed E-state index contributed by atoms with van der Waals surface area (Å²) in [6.45, 7) is 9.23. The number of piperidine rings is 1. The Morgan fingerprint density at radius 2 is 1.89 bits per heavy atom. The number of carbonyl (C=O) groups excluding carboxylic acids is 1. The molecule has 154 valence electrons. The first-order valence-corrected chi connectivity index (χ1v) is 10.1. The molecule has 0 bridgehead atoms. The highest BCUT2D eigenvalue weighted by atomic mass is 35.5. The number of ether oxygens (including phenoxy) is 2. The van der Waals surface area contributed by atoms with Crippen LogP contribution < -0.4 is 10.1 Å².